The zero-order valence-corrected chi connectivity index (χ0v) is 11.1. The fourth-order valence-corrected chi connectivity index (χ4v) is 2.54. The van der Waals surface area contributed by atoms with Gasteiger partial charge in [-0.15, -0.1) is 0 Å². The third kappa shape index (κ3) is 4.04. The van der Waals surface area contributed by atoms with Crippen molar-refractivity contribution in [1.82, 2.24) is 10.2 Å². The maximum absolute atomic E-state index is 9.13. The van der Waals surface area contributed by atoms with Crippen molar-refractivity contribution in [3.63, 3.8) is 0 Å². The summed E-state index contributed by atoms with van der Waals surface area (Å²) in [5, 5.41) is 12.8. The van der Waals surface area contributed by atoms with E-state index >= 15 is 0 Å². The van der Waals surface area contributed by atoms with Gasteiger partial charge in [0.25, 0.3) is 0 Å². The minimum absolute atomic E-state index is 0.260. The predicted molar refractivity (Wildman–Crippen MR) is 68.6 cm³/mol. The Hall–Kier alpha value is -0.120. The number of hydrogen-bond donors (Lipinski definition) is 2. The summed E-state index contributed by atoms with van der Waals surface area (Å²) in [7, 11) is 2.12. The Labute approximate surface area is 100 Å². The molecule has 0 amide bonds. The SMILES string of the molecule is CCCNC1CCCC1CN(C)C(C)CO. The van der Waals surface area contributed by atoms with E-state index < -0.39 is 0 Å². The zero-order chi connectivity index (χ0) is 12.0. The van der Waals surface area contributed by atoms with E-state index in [1.54, 1.807) is 0 Å². The molecule has 0 spiro atoms. The molecule has 1 saturated carbocycles. The topological polar surface area (TPSA) is 35.5 Å². The van der Waals surface area contributed by atoms with Crippen molar-refractivity contribution >= 4 is 0 Å². The van der Waals surface area contributed by atoms with Crippen LogP contribution >= 0.6 is 0 Å². The average molecular weight is 228 g/mol. The van der Waals surface area contributed by atoms with Crippen molar-refractivity contribution in [2.24, 2.45) is 5.92 Å². The Kier molecular flexibility index (Phi) is 6.32. The lowest BCUT2D eigenvalue weighted by Crippen LogP contribution is -2.42. The van der Waals surface area contributed by atoms with Gasteiger partial charge >= 0.3 is 0 Å². The normalized spacial score (nSPS) is 27.6. The summed E-state index contributed by atoms with van der Waals surface area (Å²) in [5.74, 6) is 0.769. The summed E-state index contributed by atoms with van der Waals surface area (Å²) < 4.78 is 0. The molecule has 3 heteroatoms. The van der Waals surface area contributed by atoms with Gasteiger partial charge in [-0.1, -0.05) is 13.3 Å². The number of aliphatic hydroxyl groups is 1. The third-order valence-corrected chi connectivity index (χ3v) is 3.85. The molecule has 3 atom stereocenters. The summed E-state index contributed by atoms with van der Waals surface area (Å²) in [4.78, 5) is 2.29. The number of nitrogens with zero attached hydrogens (tertiary/aromatic N) is 1. The van der Waals surface area contributed by atoms with Crippen molar-refractivity contribution in [2.45, 2.75) is 51.6 Å². The highest BCUT2D eigenvalue weighted by Gasteiger charge is 2.28. The van der Waals surface area contributed by atoms with Crippen LogP contribution in [-0.4, -0.2) is 48.8 Å². The van der Waals surface area contributed by atoms with Crippen LogP contribution in [0.4, 0.5) is 0 Å². The monoisotopic (exact) mass is 228 g/mol. The Morgan fingerprint density at radius 1 is 1.44 bits per heavy atom. The first kappa shape index (κ1) is 13.9. The molecule has 1 fully saturated rings. The molecule has 0 heterocycles. The second kappa shape index (κ2) is 7.25. The molecule has 96 valence electrons. The smallest absolute Gasteiger partial charge is 0.0584 e. The lowest BCUT2D eigenvalue weighted by Gasteiger charge is -2.29. The van der Waals surface area contributed by atoms with E-state index in [0.717, 1.165) is 19.0 Å². The minimum Gasteiger partial charge on any atom is -0.395 e. The molecule has 0 aromatic carbocycles. The highest BCUT2D eigenvalue weighted by Crippen LogP contribution is 2.26. The molecular formula is C13H28N2O. The van der Waals surface area contributed by atoms with Gasteiger partial charge in [-0.2, -0.15) is 0 Å². The van der Waals surface area contributed by atoms with Gasteiger partial charge in [0.1, 0.15) is 0 Å². The van der Waals surface area contributed by atoms with E-state index in [2.05, 4.69) is 31.1 Å². The van der Waals surface area contributed by atoms with E-state index in [1.165, 1.54) is 25.7 Å². The number of rotatable bonds is 7. The van der Waals surface area contributed by atoms with Crippen LogP contribution in [-0.2, 0) is 0 Å². The molecule has 3 nitrogen and oxygen atoms in total. The standard InChI is InChI=1S/C13H28N2O/c1-4-8-14-13-7-5-6-12(13)9-15(3)11(2)10-16/h11-14,16H,4-10H2,1-3H3. The molecule has 0 radical (unpaired) electrons. The summed E-state index contributed by atoms with van der Waals surface area (Å²) in [5.41, 5.74) is 0. The van der Waals surface area contributed by atoms with E-state index in [0.29, 0.717) is 6.04 Å². The maximum atomic E-state index is 9.13. The molecule has 1 rings (SSSR count). The molecule has 2 N–H and O–H groups in total. The first-order valence-corrected chi connectivity index (χ1v) is 6.73. The van der Waals surface area contributed by atoms with Crippen LogP contribution in [0.2, 0.25) is 0 Å². The van der Waals surface area contributed by atoms with Crippen molar-refractivity contribution in [2.75, 3.05) is 26.7 Å². The second-order valence-corrected chi connectivity index (χ2v) is 5.22. The van der Waals surface area contributed by atoms with Crippen LogP contribution in [0, 0.1) is 5.92 Å². The Balaban J connectivity index is 2.34. The predicted octanol–water partition coefficient (Wildman–Crippen LogP) is 1.47. The molecule has 0 aromatic rings. The number of nitrogens with one attached hydrogen (secondary N) is 1. The number of likely N-dealkylation sites (N-methyl/N-ethyl adjacent to an activating group) is 1. The number of hydrogen-bond acceptors (Lipinski definition) is 3. The fraction of sp³-hybridized carbons (Fsp3) is 1.00. The molecule has 16 heavy (non-hydrogen) atoms. The molecule has 0 bridgehead atoms. The van der Waals surface area contributed by atoms with Crippen LogP contribution in [0.1, 0.15) is 39.5 Å². The van der Waals surface area contributed by atoms with Crippen LogP contribution in [0.5, 0.6) is 0 Å². The second-order valence-electron chi connectivity index (χ2n) is 5.22. The van der Waals surface area contributed by atoms with Gasteiger partial charge < -0.3 is 15.3 Å². The van der Waals surface area contributed by atoms with Crippen molar-refractivity contribution < 1.29 is 5.11 Å². The largest absolute Gasteiger partial charge is 0.395 e. The third-order valence-electron chi connectivity index (χ3n) is 3.85. The molecule has 0 aromatic heterocycles. The van der Waals surface area contributed by atoms with Crippen LogP contribution in [0.15, 0.2) is 0 Å². The lowest BCUT2D eigenvalue weighted by atomic mass is 10.0. The van der Waals surface area contributed by atoms with Crippen LogP contribution < -0.4 is 5.32 Å². The fourth-order valence-electron chi connectivity index (χ4n) is 2.54. The van der Waals surface area contributed by atoms with Gasteiger partial charge in [-0.05, 0) is 45.7 Å². The zero-order valence-electron chi connectivity index (χ0n) is 11.1. The van der Waals surface area contributed by atoms with Crippen molar-refractivity contribution in [3.8, 4) is 0 Å². The van der Waals surface area contributed by atoms with E-state index in [1.807, 2.05) is 0 Å². The highest BCUT2D eigenvalue weighted by molar-refractivity contribution is 4.85. The molecule has 1 aliphatic carbocycles. The highest BCUT2D eigenvalue weighted by atomic mass is 16.3. The Morgan fingerprint density at radius 2 is 2.19 bits per heavy atom. The van der Waals surface area contributed by atoms with Gasteiger partial charge in [0.15, 0.2) is 0 Å². The van der Waals surface area contributed by atoms with Gasteiger partial charge in [-0.25, -0.2) is 0 Å². The van der Waals surface area contributed by atoms with Gasteiger partial charge in [0, 0.05) is 18.6 Å². The van der Waals surface area contributed by atoms with E-state index in [4.69, 9.17) is 5.11 Å². The maximum Gasteiger partial charge on any atom is 0.0584 e. The summed E-state index contributed by atoms with van der Waals surface area (Å²) in [6.07, 6.45) is 5.23. The molecule has 0 saturated heterocycles. The minimum atomic E-state index is 0.260. The van der Waals surface area contributed by atoms with Crippen LogP contribution in [0.25, 0.3) is 0 Å². The van der Waals surface area contributed by atoms with Gasteiger partial charge in [0.2, 0.25) is 0 Å². The van der Waals surface area contributed by atoms with Gasteiger partial charge in [0.05, 0.1) is 6.61 Å². The number of aliphatic hydroxyl groups excluding tert-OH is 1. The van der Waals surface area contributed by atoms with Gasteiger partial charge in [-0.3, -0.25) is 0 Å². The van der Waals surface area contributed by atoms with Crippen LogP contribution in [0.3, 0.4) is 0 Å². The van der Waals surface area contributed by atoms with Crippen molar-refractivity contribution in [3.05, 3.63) is 0 Å². The molecule has 3 unspecified atom stereocenters. The molecular weight excluding hydrogens is 200 g/mol. The summed E-state index contributed by atoms with van der Waals surface area (Å²) in [6.45, 7) is 6.82. The summed E-state index contributed by atoms with van der Waals surface area (Å²) >= 11 is 0. The first-order chi connectivity index (χ1) is 7.69. The first-order valence-electron chi connectivity index (χ1n) is 6.73. The summed E-state index contributed by atoms with van der Waals surface area (Å²) in [6, 6.07) is 0.987. The molecule has 0 aliphatic heterocycles. The van der Waals surface area contributed by atoms with E-state index in [-0.39, 0.29) is 12.6 Å². The Morgan fingerprint density at radius 3 is 2.81 bits per heavy atom. The van der Waals surface area contributed by atoms with E-state index in [9.17, 15) is 0 Å². The average Bonchev–Trinajstić information content (AvgIpc) is 2.72. The Bertz CT molecular complexity index is 187. The quantitative estimate of drug-likeness (QED) is 0.692. The van der Waals surface area contributed by atoms with Crippen molar-refractivity contribution in [1.29, 1.82) is 0 Å². The molecule has 1 aliphatic rings. The lowest BCUT2D eigenvalue weighted by molar-refractivity contribution is 0.137.